The smallest absolute Gasteiger partial charge is 0.251 e. The number of benzene rings is 1. The summed E-state index contributed by atoms with van der Waals surface area (Å²) in [7, 11) is 0. The van der Waals surface area contributed by atoms with E-state index in [9.17, 15) is 4.79 Å². The number of ether oxygens (including phenoxy) is 1. The first kappa shape index (κ1) is 13.1. The molecule has 1 amide bonds. The van der Waals surface area contributed by atoms with E-state index < -0.39 is 0 Å². The molecule has 1 spiro atoms. The molecule has 1 saturated heterocycles. The van der Waals surface area contributed by atoms with Crippen LogP contribution in [0, 0.1) is 16.7 Å². The Bertz CT molecular complexity index is 539. The molecule has 1 aliphatic heterocycles. The molecule has 0 aromatic heterocycles. The largest absolute Gasteiger partial charge is 0.381 e. The topological polar surface area (TPSA) is 62.1 Å². The van der Waals surface area contributed by atoms with Gasteiger partial charge in [0.1, 0.15) is 0 Å². The Morgan fingerprint density at radius 1 is 1.25 bits per heavy atom. The second kappa shape index (κ2) is 5.26. The van der Waals surface area contributed by atoms with Crippen molar-refractivity contribution in [1.82, 2.24) is 5.32 Å². The molecule has 1 aromatic carbocycles. The molecular weight excluding hydrogens is 252 g/mol. The van der Waals surface area contributed by atoms with Crippen LogP contribution in [-0.4, -0.2) is 25.2 Å². The summed E-state index contributed by atoms with van der Waals surface area (Å²) in [6, 6.07) is 9.11. The fourth-order valence-corrected chi connectivity index (χ4v) is 3.24. The van der Waals surface area contributed by atoms with Gasteiger partial charge in [-0.3, -0.25) is 4.79 Å². The van der Waals surface area contributed by atoms with Crippen molar-refractivity contribution in [1.29, 1.82) is 5.26 Å². The predicted octanol–water partition coefficient (Wildman–Crippen LogP) is 2.25. The average molecular weight is 270 g/mol. The molecule has 2 fully saturated rings. The van der Waals surface area contributed by atoms with Crippen LogP contribution < -0.4 is 5.32 Å². The lowest BCUT2D eigenvalue weighted by Gasteiger charge is -2.52. The summed E-state index contributed by atoms with van der Waals surface area (Å²) in [5.41, 5.74) is 1.46. The van der Waals surface area contributed by atoms with Crippen LogP contribution in [0.3, 0.4) is 0 Å². The van der Waals surface area contributed by atoms with E-state index in [4.69, 9.17) is 10.00 Å². The van der Waals surface area contributed by atoms with Gasteiger partial charge in [-0.2, -0.15) is 5.26 Å². The average Bonchev–Trinajstić information content (AvgIpc) is 2.52. The Balaban J connectivity index is 1.65. The second-order valence-electron chi connectivity index (χ2n) is 5.73. The lowest BCUT2D eigenvalue weighted by atomic mass is 9.60. The highest BCUT2D eigenvalue weighted by Gasteiger charge is 2.47. The summed E-state index contributed by atoms with van der Waals surface area (Å²) in [5, 5.41) is 11.9. The van der Waals surface area contributed by atoms with Crippen molar-refractivity contribution in [2.75, 3.05) is 13.2 Å². The maximum absolute atomic E-state index is 12.2. The van der Waals surface area contributed by atoms with Gasteiger partial charge in [-0.05, 0) is 55.4 Å². The fourth-order valence-electron chi connectivity index (χ4n) is 3.24. The third-order valence-electron chi connectivity index (χ3n) is 4.74. The van der Waals surface area contributed by atoms with E-state index in [0.717, 1.165) is 32.5 Å². The zero-order chi connectivity index (χ0) is 14.0. The predicted molar refractivity (Wildman–Crippen MR) is 74.1 cm³/mol. The number of nitriles is 1. The van der Waals surface area contributed by atoms with E-state index in [2.05, 4.69) is 11.4 Å². The fraction of sp³-hybridized carbons (Fsp3) is 0.500. The molecule has 1 atom stereocenters. The van der Waals surface area contributed by atoms with Gasteiger partial charge < -0.3 is 10.1 Å². The van der Waals surface area contributed by atoms with Crippen LogP contribution in [-0.2, 0) is 4.74 Å². The highest BCUT2D eigenvalue weighted by Crippen LogP contribution is 2.48. The summed E-state index contributed by atoms with van der Waals surface area (Å²) in [6.07, 6.45) is 4.34. The van der Waals surface area contributed by atoms with Crippen molar-refractivity contribution < 1.29 is 9.53 Å². The molecule has 1 N–H and O–H groups in total. The SMILES string of the molecule is N#Cc1ccc(C(=O)N[C@@H]2CCC23CCOCC3)cc1. The molecular formula is C16H18N2O2. The van der Waals surface area contributed by atoms with Gasteiger partial charge in [0.15, 0.2) is 0 Å². The van der Waals surface area contributed by atoms with Crippen LogP contribution in [0.5, 0.6) is 0 Å². The number of nitrogens with zero attached hydrogens (tertiary/aromatic N) is 1. The number of amides is 1. The van der Waals surface area contributed by atoms with E-state index in [1.54, 1.807) is 24.3 Å². The Morgan fingerprint density at radius 2 is 1.95 bits per heavy atom. The number of hydrogen-bond acceptors (Lipinski definition) is 3. The van der Waals surface area contributed by atoms with E-state index in [0.29, 0.717) is 11.1 Å². The quantitative estimate of drug-likeness (QED) is 0.896. The second-order valence-corrected chi connectivity index (χ2v) is 5.73. The standard InChI is InChI=1S/C16H18N2O2/c17-11-12-1-3-13(4-2-12)15(19)18-14-5-6-16(14)7-9-20-10-8-16/h1-4,14H,5-10H2,(H,18,19)/t14-/m1/s1. The van der Waals surface area contributed by atoms with Crippen molar-refractivity contribution in [3.63, 3.8) is 0 Å². The van der Waals surface area contributed by atoms with E-state index in [1.807, 2.05) is 0 Å². The molecule has 0 radical (unpaired) electrons. The number of rotatable bonds is 2. The highest BCUT2D eigenvalue weighted by molar-refractivity contribution is 5.94. The normalized spacial score (nSPS) is 23.6. The Labute approximate surface area is 118 Å². The highest BCUT2D eigenvalue weighted by atomic mass is 16.5. The number of carbonyl (C=O) groups excluding carboxylic acids is 1. The molecule has 1 aliphatic carbocycles. The van der Waals surface area contributed by atoms with Gasteiger partial charge in [-0.15, -0.1) is 0 Å². The van der Waals surface area contributed by atoms with Crippen LogP contribution in [0.1, 0.15) is 41.6 Å². The van der Waals surface area contributed by atoms with Crippen LogP contribution >= 0.6 is 0 Å². The van der Waals surface area contributed by atoms with Crippen molar-refractivity contribution in [3.05, 3.63) is 35.4 Å². The molecule has 4 heteroatoms. The van der Waals surface area contributed by atoms with Crippen LogP contribution in [0.15, 0.2) is 24.3 Å². The van der Waals surface area contributed by atoms with Gasteiger partial charge >= 0.3 is 0 Å². The summed E-state index contributed by atoms with van der Waals surface area (Å²) in [6.45, 7) is 1.62. The van der Waals surface area contributed by atoms with Crippen molar-refractivity contribution in [2.24, 2.45) is 5.41 Å². The number of nitrogens with one attached hydrogen (secondary N) is 1. The molecule has 0 unspecified atom stereocenters. The summed E-state index contributed by atoms with van der Waals surface area (Å²) in [4.78, 5) is 12.2. The minimum Gasteiger partial charge on any atom is -0.381 e. The number of carbonyl (C=O) groups is 1. The molecule has 1 aromatic rings. The lowest BCUT2D eigenvalue weighted by Crippen LogP contribution is -2.57. The van der Waals surface area contributed by atoms with E-state index in [1.165, 1.54) is 6.42 Å². The molecule has 3 rings (SSSR count). The van der Waals surface area contributed by atoms with Gasteiger partial charge in [-0.1, -0.05) is 0 Å². The monoisotopic (exact) mass is 270 g/mol. The van der Waals surface area contributed by atoms with Gasteiger partial charge in [0, 0.05) is 24.8 Å². The molecule has 2 aliphatic rings. The Kier molecular flexibility index (Phi) is 3.45. The van der Waals surface area contributed by atoms with Crippen LogP contribution in [0.2, 0.25) is 0 Å². The molecule has 104 valence electrons. The molecule has 1 heterocycles. The Hall–Kier alpha value is -1.86. The summed E-state index contributed by atoms with van der Waals surface area (Å²) in [5.74, 6) is -0.0370. The van der Waals surface area contributed by atoms with Crippen molar-refractivity contribution >= 4 is 5.91 Å². The van der Waals surface area contributed by atoms with Gasteiger partial charge in [0.05, 0.1) is 11.6 Å². The summed E-state index contributed by atoms with van der Waals surface area (Å²) >= 11 is 0. The van der Waals surface area contributed by atoms with Crippen LogP contribution in [0.25, 0.3) is 0 Å². The third-order valence-corrected chi connectivity index (χ3v) is 4.74. The minimum absolute atomic E-state index is 0.0370. The maximum Gasteiger partial charge on any atom is 0.251 e. The van der Waals surface area contributed by atoms with E-state index >= 15 is 0 Å². The Morgan fingerprint density at radius 3 is 2.50 bits per heavy atom. The maximum atomic E-state index is 12.2. The third kappa shape index (κ3) is 2.30. The molecule has 1 saturated carbocycles. The minimum atomic E-state index is -0.0370. The first-order valence-electron chi connectivity index (χ1n) is 7.12. The first-order valence-corrected chi connectivity index (χ1v) is 7.12. The van der Waals surface area contributed by atoms with Gasteiger partial charge in [0.25, 0.3) is 5.91 Å². The zero-order valence-corrected chi connectivity index (χ0v) is 11.4. The van der Waals surface area contributed by atoms with E-state index in [-0.39, 0.29) is 17.4 Å². The van der Waals surface area contributed by atoms with Crippen LogP contribution in [0.4, 0.5) is 0 Å². The van der Waals surface area contributed by atoms with Gasteiger partial charge in [-0.25, -0.2) is 0 Å². The molecule has 20 heavy (non-hydrogen) atoms. The molecule has 0 bridgehead atoms. The van der Waals surface area contributed by atoms with Crippen molar-refractivity contribution in [2.45, 2.75) is 31.7 Å². The zero-order valence-electron chi connectivity index (χ0n) is 11.4. The van der Waals surface area contributed by atoms with Crippen molar-refractivity contribution in [3.8, 4) is 6.07 Å². The molecule has 4 nitrogen and oxygen atoms in total. The lowest BCUT2D eigenvalue weighted by molar-refractivity contribution is -0.0523. The van der Waals surface area contributed by atoms with Gasteiger partial charge in [0.2, 0.25) is 0 Å². The summed E-state index contributed by atoms with van der Waals surface area (Å²) < 4.78 is 5.42. The first-order chi connectivity index (χ1) is 9.73. The number of hydrogen-bond donors (Lipinski definition) is 1.